The van der Waals surface area contributed by atoms with E-state index in [1.54, 1.807) is 6.07 Å². The third kappa shape index (κ3) is 4.06. The van der Waals surface area contributed by atoms with E-state index in [0.717, 1.165) is 36.3 Å². The summed E-state index contributed by atoms with van der Waals surface area (Å²) in [6.45, 7) is 2.98. The van der Waals surface area contributed by atoms with Crippen molar-refractivity contribution in [3.63, 3.8) is 0 Å². The molecule has 1 aliphatic heterocycles. The Hall–Kier alpha value is -2.43. The van der Waals surface area contributed by atoms with Crippen molar-refractivity contribution in [2.45, 2.75) is 32.6 Å². The summed E-state index contributed by atoms with van der Waals surface area (Å²) in [6, 6.07) is 9.04. The number of hydrogen-bond donors (Lipinski definition) is 0. The number of aryl methyl sites for hydroxylation is 2. The Balaban J connectivity index is 1.64. The summed E-state index contributed by atoms with van der Waals surface area (Å²) >= 11 is 0. The summed E-state index contributed by atoms with van der Waals surface area (Å²) in [5, 5.41) is 0. The van der Waals surface area contributed by atoms with E-state index in [4.69, 9.17) is 18.6 Å². The number of fused-ring (bicyclic) bond motifs is 1. The van der Waals surface area contributed by atoms with Crippen molar-refractivity contribution in [2.24, 2.45) is 0 Å². The number of hydrogen-bond acceptors (Lipinski definition) is 5. The Labute approximate surface area is 134 Å². The second-order valence-corrected chi connectivity index (χ2v) is 5.47. The lowest BCUT2D eigenvalue weighted by Gasteiger charge is -2.07. The minimum atomic E-state index is -0.375. The summed E-state index contributed by atoms with van der Waals surface area (Å²) in [4.78, 5) is 11.6. The van der Waals surface area contributed by atoms with Crippen LogP contribution in [0.1, 0.15) is 31.1 Å². The fraction of sp³-hybridized carbons (Fsp3) is 0.389. The molecule has 0 N–H and O–H groups in total. The monoisotopic (exact) mass is 316 g/mol. The molecule has 2 heterocycles. The Bertz CT molecular complexity index is 720. The van der Waals surface area contributed by atoms with Crippen LogP contribution in [0.2, 0.25) is 0 Å². The molecule has 0 aliphatic carbocycles. The summed E-state index contributed by atoms with van der Waals surface area (Å²) < 4.78 is 21.5. The van der Waals surface area contributed by atoms with Gasteiger partial charge in [-0.05, 0) is 30.5 Å². The lowest BCUT2D eigenvalue weighted by molar-refractivity contribution is 0.174. The molecule has 5 nitrogen and oxygen atoms in total. The average molecular weight is 316 g/mol. The number of benzene rings is 1. The molecule has 1 aromatic heterocycles. The summed E-state index contributed by atoms with van der Waals surface area (Å²) in [6.07, 6.45) is 3.39. The van der Waals surface area contributed by atoms with Gasteiger partial charge in [0.2, 0.25) is 6.79 Å². The number of unbranched alkanes of at least 4 members (excludes halogenated alkanes) is 1. The molecule has 0 saturated carbocycles. The molecular formula is C18H20O5. The third-order valence-corrected chi connectivity index (χ3v) is 3.66. The van der Waals surface area contributed by atoms with Crippen molar-refractivity contribution in [1.29, 1.82) is 0 Å². The van der Waals surface area contributed by atoms with Gasteiger partial charge < -0.3 is 18.6 Å². The predicted molar refractivity (Wildman–Crippen MR) is 85.4 cm³/mol. The fourth-order valence-electron chi connectivity index (χ4n) is 2.41. The van der Waals surface area contributed by atoms with Crippen LogP contribution in [-0.4, -0.2) is 13.4 Å². The van der Waals surface area contributed by atoms with Crippen molar-refractivity contribution in [3.05, 3.63) is 52.1 Å². The van der Waals surface area contributed by atoms with Gasteiger partial charge in [-0.15, -0.1) is 0 Å². The van der Waals surface area contributed by atoms with Gasteiger partial charge in [-0.2, -0.15) is 0 Å². The zero-order valence-electron chi connectivity index (χ0n) is 13.2. The Morgan fingerprint density at radius 1 is 1.09 bits per heavy atom. The van der Waals surface area contributed by atoms with Gasteiger partial charge in [0.15, 0.2) is 11.5 Å². The van der Waals surface area contributed by atoms with Crippen LogP contribution >= 0.6 is 0 Å². The quantitative estimate of drug-likeness (QED) is 0.733. The molecule has 1 aromatic carbocycles. The van der Waals surface area contributed by atoms with Crippen molar-refractivity contribution in [2.75, 3.05) is 13.4 Å². The normalized spacial score (nSPS) is 12.4. The molecule has 0 bridgehead atoms. The van der Waals surface area contributed by atoms with Gasteiger partial charge in [-0.3, -0.25) is 0 Å². The summed E-state index contributed by atoms with van der Waals surface area (Å²) in [5.74, 6) is 2.74. The Kier molecular flexibility index (Phi) is 4.86. The SMILES string of the molecule is CCCCOc1cc(CCc2ccc3c(c2)OCO3)oc(=O)c1. The second-order valence-electron chi connectivity index (χ2n) is 5.47. The van der Waals surface area contributed by atoms with Gasteiger partial charge in [0, 0.05) is 12.5 Å². The number of rotatable bonds is 7. The largest absolute Gasteiger partial charge is 0.493 e. The summed E-state index contributed by atoms with van der Waals surface area (Å²) in [7, 11) is 0. The maximum absolute atomic E-state index is 11.6. The van der Waals surface area contributed by atoms with Gasteiger partial charge in [0.1, 0.15) is 11.5 Å². The average Bonchev–Trinajstić information content (AvgIpc) is 3.00. The van der Waals surface area contributed by atoms with E-state index < -0.39 is 0 Å². The highest BCUT2D eigenvalue weighted by Crippen LogP contribution is 2.32. The van der Waals surface area contributed by atoms with Crippen molar-refractivity contribution >= 4 is 0 Å². The van der Waals surface area contributed by atoms with E-state index in [1.807, 2.05) is 18.2 Å². The van der Waals surface area contributed by atoms with E-state index in [0.29, 0.717) is 24.5 Å². The maximum atomic E-state index is 11.6. The van der Waals surface area contributed by atoms with Crippen LogP contribution < -0.4 is 19.8 Å². The first-order valence-corrected chi connectivity index (χ1v) is 7.90. The van der Waals surface area contributed by atoms with Gasteiger partial charge in [0.05, 0.1) is 12.7 Å². The molecule has 0 fully saturated rings. The van der Waals surface area contributed by atoms with E-state index in [1.165, 1.54) is 6.07 Å². The molecular weight excluding hydrogens is 296 g/mol. The van der Waals surface area contributed by atoms with E-state index in [2.05, 4.69) is 6.92 Å². The van der Waals surface area contributed by atoms with Crippen LogP contribution in [0.15, 0.2) is 39.5 Å². The fourth-order valence-corrected chi connectivity index (χ4v) is 2.41. The topological polar surface area (TPSA) is 57.9 Å². The zero-order valence-corrected chi connectivity index (χ0v) is 13.2. The number of ether oxygens (including phenoxy) is 3. The molecule has 122 valence electrons. The molecule has 0 atom stereocenters. The molecule has 0 unspecified atom stereocenters. The second kappa shape index (κ2) is 7.22. The highest BCUT2D eigenvalue weighted by molar-refractivity contribution is 5.44. The molecule has 0 radical (unpaired) electrons. The van der Waals surface area contributed by atoms with Crippen LogP contribution in [0, 0.1) is 0 Å². The van der Waals surface area contributed by atoms with Crippen molar-refractivity contribution in [3.8, 4) is 17.2 Å². The van der Waals surface area contributed by atoms with E-state index >= 15 is 0 Å². The lowest BCUT2D eigenvalue weighted by Crippen LogP contribution is -2.05. The van der Waals surface area contributed by atoms with Gasteiger partial charge in [0.25, 0.3) is 0 Å². The first kappa shape index (κ1) is 15.5. The molecule has 0 spiro atoms. The van der Waals surface area contributed by atoms with Crippen LogP contribution in [0.4, 0.5) is 0 Å². The Morgan fingerprint density at radius 3 is 2.83 bits per heavy atom. The van der Waals surface area contributed by atoms with Crippen LogP contribution in [0.25, 0.3) is 0 Å². The van der Waals surface area contributed by atoms with E-state index in [9.17, 15) is 4.79 Å². The van der Waals surface area contributed by atoms with Crippen LogP contribution in [-0.2, 0) is 12.8 Å². The highest BCUT2D eigenvalue weighted by Gasteiger charge is 2.13. The molecule has 1 aliphatic rings. The van der Waals surface area contributed by atoms with Crippen LogP contribution in [0.3, 0.4) is 0 Å². The van der Waals surface area contributed by atoms with Gasteiger partial charge >= 0.3 is 5.63 Å². The van der Waals surface area contributed by atoms with Crippen LogP contribution in [0.5, 0.6) is 17.2 Å². The third-order valence-electron chi connectivity index (χ3n) is 3.66. The molecule has 2 aromatic rings. The first-order chi connectivity index (χ1) is 11.2. The van der Waals surface area contributed by atoms with Crippen molar-refractivity contribution in [1.82, 2.24) is 0 Å². The molecule has 5 heteroatoms. The van der Waals surface area contributed by atoms with Gasteiger partial charge in [-0.1, -0.05) is 19.4 Å². The molecule has 23 heavy (non-hydrogen) atoms. The minimum Gasteiger partial charge on any atom is -0.493 e. The minimum absolute atomic E-state index is 0.269. The standard InChI is InChI=1S/C18H20O5/c1-2-3-8-20-15-10-14(23-18(19)11-15)6-4-13-5-7-16-17(9-13)22-12-21-16/h5,7,9-11H,2-4,6,8,12H2,1H3. The smallest absolute Gasteiger partial charge is 0.339 e. The maximum Gasteiger partial charge on any atom is 0.339 e. The highest BCUT2D eigenvalue weighted by atomic mass is 16.7. The zero-order chi connectivity index (χ0) is 16.1. The molecule has 0 amide bonds. The first-order valence-electron chi connectivity index (χ1n) is 7.90. The lowest BCUT2D eigenvalue weighted by atomic mass is 10.1. The van der Waals surface area contributed by atoms with E-state index in [-0.39, 0.29) is 12.4 Å². The van der Waals surface area contributed by atoms with Crippen molar-refractivity contribution < 1.29 is 18.6 Å². The predicted octanol–water partition coefficient (Wildman–Crippen LogP) is 3.33. The molecule has 3 rings (SSSR count). The van der Waals surface area contributed by atoms with Gasteiger partial charge in [-0.25, -0.2) is 4.79 Å². The Morgan fingerprint density at radius 2 is 1.96 bits per heavy atom. The summed E-state index contributed by atoms with van der Waals surface area (Å²) in [5.41, 5.74) is 0.730. The molecule has 0 saturated heterocycles.